The van der Waals surface area contributed by atoms with Crippen LogP contribution in [-0.2, 0) is 0 Å². The molecule has 1 rings (SSSR count). The van der Waals surface area contributed by atoms with Crippen molar-refractivity contribution in [1.29, 1.82) is 10.5 Å². The first-order valence-electron chi connectivity index (χ1n) is 3.40. The molecule has 2 heteroatoms. The first-order valence-corrected chi connectivity index (χ1v) is 3.40. The first kappa shape index (κ1) is 7.09. The fraction of sp³-hybridized carbons (Fsp3) is 0.750. The zero-order valence-electron chi connectivity index (χ0n) is 6.31. The molecule has 0 amide bonds. The highest BCUT2D eigenvalue weighted by Gasteiger charge is 2.53. The van der Waals surface area contributed by atoms with Gasteiger partial charge in [0.2, 0.25) is 0 Å². The van der Waals surface area contributed by atoms with Crippen LogP contribution in [0.3, 0.4) is 0 Å². The second-order valence-electron chi connectivity index (χ2n) is 3.39. The summed E-state index contributed by atoms with van der Waals surface area (Å²) in [5.74, 6) is 0. The summed E-state index contributed by atoms with van der Waals surface area (Å²) in [7, 11) is 0. The minimum Gasteiger partial charge on any atom is -0.198 e. The van der Waals surface area contributed by atoms with Gasteiger partial charge >= 0.3 is 0 Å². The van der Waals surface area contributed by atoms with Gasteiger partial charge in [0.1, 0.15) is 0 Å². The van der Waals surface area contributed by atoms with Crippen molar-refractivity contribution in [2.24, 2.45) is 10.8 Å². The molecule has 1 saturated carbocycles. The summed E-state index contributed by atoms with van der Waals surface area (Å²) in [5, 5.41) is 17.4. The fourth-order valence-electron chi connectivity index (χ4n) is 1.23. The van der Waals surface area contributed by atoms with Gasteiger partial charge in [0, 0.05) is 0 Å². The summed E-state index contributed by atoms with van der Waals surface area (Å²) in [6.07, 6.45) is 1.74. The molecule has 52 valence electrons. The Morgan fingerprint density at radius 2 is 1.30 bits per heavy atom. The van der Waals surface area contributed by atoms with Gasteiger partial charge in [-0.15, -0.1) is 0 Å². The molecule has 0 aromatic heterocycles. The molecule has 1 fully saturated rings. The van der Waals surface area contributed by atoms with Crippen LogP contribution in [0.25, 0.3) is 0 Å². The normalized spacial score (nSPS) is 44.8. The van der Waals surface area contributed by atoms with Gasteiger partial charge in [-0.25, -0.2) is 0 Å². The average Bonchev–Trinajstić information content (AvgIpc) is 1.99. The van der Waals surface area contributed by atoms with Gasteiger partial charge in [-0.05, 0) is 26.7 Å². The fourth-order valence-corrected chi connectivity index (χ4v) is 1.23. The number of hydrogen-bond donors (Lipinski definition) is 0. The Morgan fingerprint density at radius 3 is 1.40 bits per heavy atom. The Bertz CT molecular complexity index is 207. The van der Waals surface area contributed by atoms with Crippen molar-refractivity contribution < 1.29 is 0 Å². The second kappa shape index (κ2) is 1.73. The predicted molar refractivity (Wildman–Crippen MR) is 36.7 cm³/mol. The molecule has 2 nitrogen and oxygen atoms in total. The van der Waals surface area contributed by atoms with E-state index in [1.54, 1.807) is 0 Å². The zero-order chi connectivity index (χ0) is 7.83. The number of rotatable bonds is 0. The van der Waals surface area contributed by atoms with Crippen LogP contribution < -0.4 is 0 Å². The smallest absolute Gasteiger partial charge is 0.0729 e. The lowest BCUT2D eigenvalue weighted by molar-refractivity contribution is 0.0586. The monoisotopic (exact) mass is 134 g/mol. The summed E-state index contributed by atoms with van der Waals surface area (Å²) in [4.78, 5) is 0. The molecule has 0 heterocycles. The number of hydrogen-bond acceptors (Lipinski definition) is 2. The quantitative estimate of drug-likeness (QED) is 0.507. The molecule has 0 N–H and O–H groups in total. The van der Waals surface area contributed by atoms with Crippen LogP contribution in [0.4, 0.5) is 0 Å². The summed E-state index contributed by atoms with van der Waals surface area (Å²) in [6.45, 7) is 3.72. The van der Waals surface area contributed by atoms with Crippen LogP contribution in [0.2, 0.25) is 0 Å². The standard InChI is InChI=1S/C8H10N2/c1-7(5-9)3-4-8(7,2)6-10/h3-4H2,1-2H3. The lowest BCUT2D eigenvalue weighted by atomic mass is 9.52. The molecule has 0 aliphatic heterocycles. The Labute approximate surface area is 61.1 Å². The van der Waals surface area contributed by atoms with Crippen LogP contribution in [-0.4, -0.2) is 0 Å². The van der Waals surface area contributed by atoms with E-state index in [2.05, 4.69) is 12.1 Å². The van der Waals surface area contributed by atoms with Crippen molar-refractivity contribution in [3.05, 3.63) is 0 Å². The predicted octanol–water partition coefficient (Wildman–Crippen LogP) is 1.84. The third-order valence-corrected chi connectivity index (χ3v) is 2.84. The Kier molecular flexibility index (Phi) is 1.23. The molecule has 10 heavy (non-hydrogen) atoms. The Morgan fingerprint density at radius 1 is 1.00 bits per heavy atom. The highest BCUT2D eigenvalue weighted by molar-refractivity contribution is 5.21. The van der Waals surface area contributed by atoms with Crippen molar-refractivity contribution in [1.82, 2.24) is 0 Å². The average molecular weight is 134 g/mol. The topological polar surface area (TPSA) is 47.6 Å². The molecule has 1 aliphatic rings. The maximum absolute atomic E-state index is 8.71. The number of nitrogens with zero attached hydrogens (tertiary/aromatic N) is 2. The van der Waals surface area contributed by atoms with Gasteiger partial charge in [-0.1, -0.05) is 0 Å². The minimum absolute atomic E-state index is 0.387. The van der Waals surface area contributed by atoms with Gasteiger partial charge in [0.05, 0.1) is 23.0 Å². The molecule has 0 aromatic rings. The molecule has 2 unspecified atom stereocenters. The van der Waals surface area contributed by atoms with E-state index in [-0.39, 0.29) is 10.8 Å². The molecule has 0 bridgehead atoms. The lowest BCUT2D eigenvalue weighted by Gasteiger charge is -2.46. The third kappa shape index (κ3) is 0.567. The van der Waals surface area contributed by atoms with E-state index in [9.17, 15) is 0 Å². The van der Waals surface area contributed by atoms with Crippen LogP contribution in [0, 0.1) is 33.5 Å². The van der Waals surface area contributed by atoms with E-state index >= 15 is 0 Å². The second-order valence-corrected chi connectivity index (χ2v) is 3.39. The molecule has 0 saturated heterocycles. The van der Waals surface area contributed by atoms with Crippen LogP contribution >= 0.6 is 0 Å². The number of nitriles is 2. The summed E-state index contributed by atoms with van der Waals surface area (Å²) < 4.78 is 0. The summed E-state index contributed by atoms with van der Waals surface area (Å²) in [5.41, 5.74) is -0.774. The van der Waals surface area contributed by atoms with E-state index in [1.165, 1.54) is 0 Å². The molecule has 0 spiro atoms. The van der Waals surface area contributed by atoms with Gasteiger partial charge in [-0.2, -0.15) is 10.5 Å². The SMILES string of the molecule is CC1(C#N)CCC1(C)C#N. The molecular formula is C8H10N2. The first-order chi connectivity index (χ1) is 4.58. The van der Waals surface area contributed by atoms with E-state index in [4.69, 9.17) is 10.5 Å². The van der Waals surface area contributed by atoms with E-state index in [0.717, 1.165) is 12.8 Å². The van der Waals surface area contributed by atoms with Crippen LogP contribution in [0.1, 0.15) is 26.7 Å². The summed E-state index contributed by atoms with van der Waals surface area (Å²) >= 11 is 0. The van der Waals surface area contributed by atoms with Crippen molar-refractivity contribution in [3.63, 3.8) is 0 Å². The highest BCUT2D eigenvalue weighted by atomic mass is 14.6. The van der Waals surface area contributed by atoms with Crippen LogP contribution in [0.15, 0.2) is 0 Å². The lowest BCUT2D eigenvalue weighted by Crippen LogP contribution is -2.45. The van der Waals surface area contributed by atoms with Crippen molar-refractivity contribution in [2.75, 3.05) is 0 Å². The molecule has 0 aromatic carbocycles. The maximum Gasteiger partial charge on any atom is 0.0729 e. The van der Waals surface area contributed by atoms with Crippen LogP contribution in [0.5, 0.6) is 0 Å². The van der Waals surface area contributed by atoms with E-state index in [1.807, 2.05) is 13.8 Å². The molecule has 2 atom stereocenters. The largest absolute Gasteiger partial charge is 0.198 e. The maximum atomic E-state index is 8.71. The minimum atomic E-state index is -0.387. The molecular weight excluding hydrogens is 124 g/mol. The van der Waals surface area contributed by atoms with Gasteiger partial charge < -0.3 is 0 Å². The van der Waals surface area contributed by atoms with Gasteiger partial charge in [0.15, 0.2) is 0 Å². The highest BCUT2D eigenvalue weighted by Crippen LogP contribution is 2.55. The molecule has 0 radical (unpaired) electrons. The van der Waals surface area contributed by atoms with Crippen molar-refractivity contribution in [3.8, 4) is 12.1 Å². The Hall–Kier alpha value is -1.02. The van der Waals surface area contributed by atoms with E-state index < -0.39 is 0 Å². The third-order valence-electron chi connectivity index (χ3n) is 2.84. The van der Waals surface area contributed by atoms with Crippen molar-refractivity contribution >= 4 is 0 Å². The Balaban J connectivity index is 2.90. The van der Waals surface area contributed by atoms with E-state index in [0.29, 0.717) is 0 Å². The van der Waals surface area contributed by atoms with Crippen molar-refractivity contribution in [2.45, 2.75) is 26.7 Å². The summed E-state index contributed by atoms with van der Waals surface area (Å²) in [6, 6.07) is 4.39. The zero-order valence-corrected chi connectivity index (χ0v) is 6.31. The van der Waals surface area contributed by atoms with Gasteiger partial charge in [0.25, 0.3) is 0 Å². The van der Waals surface area contributed by atoms with Gasteiger partial charge in [-0.3, -0.25) is 0 Å². The molecule has 1 aliphatic carbocycles.